The van der Waals surface area contributed by atoms with Gasteiger partial charge in [-0.25, -0.2) is 13.8 Å². The van der Waals surface area contributed by atoms with E-state index in [1.165, 1.54) is 6.20 Å². The lowest BCUT2D eigenvalue weighted by Gasteiger charge is -2.13. The first-order valence-electron chi connectivity index (χ1n) is 7.55. The molecule has 7 nitrogen and oxygen atoms in total. The van der Waals surface area contributed by atoms with Gasteiger partial charge in [-0.05, 0) is 6.07 Å². The molecule has 25 heavy (non-hydrogen) atoms. The highest BCUT2D eigenvalue weighted by Crippen LogP contribution is 2.17. The number of hydrogen-bond acceptors (Lipinski definition) is 5. The van der Waals surface area contributed by atoms with Gasteiger partial charge < -0.3 is 15.4 Å². The Bertz CT molecular complexity index is 726. The number of carbonyl (C=O) groups is 1. The van der Waals surface area contributed by atoms with Crippen LogP contribution in [-0.4, -0.2) is 40.7 Å². The predicted octanol–water partition coefficient (Wildman–Crippen LogP) is 1.45. The van der Waals surface area contributed by atoms with Crippen LogP contribution in [0, 0.1) is 0 Å². The lowest BCUT2D eigenvalue weighted by Crippen LogP contribution is -2.28. The third-order valence-electron chi connectivity index (χ3n) is 3.66. The van der Waals surface area contributed by atoms with E-state index in [0.29, 0.717) is 17.8 Å². The average Bonchev–Trinajstić information content (AvgIpc) is 3.02. The van der Waals surface area contributed by atoms with Crippen molar-refractivity contribution in [1.82, 2.24) is 25.8 Å². The van der Waals surface area contributed by atoms with E-state index in [1.807, 2.05) is 0 Å². The molecule has 2 aromatic heterocycles. The second-order valence-electron chi connectivity index (χ2n) is 5.31. The minimum atomic E-state index is -2.59. The van der Waals surface area contributed by atoms with Gasteiger partial charge >= 0.3 is 0 Å². The van der Waals surface area contributed by atoms with Crippen molar-refractivity contribution in [3.05, 3.63) is 40.8 Å². The Morgan fingerprint density at radius 3 is 3.08 bits per heavy atom. The Hall–Kier alpha value is -2.26. The Balaban J connectivity index is 0.00000225. The van der Waals surface area contributed by atoms with Crippen LogP contribution in [0.3, 0.4) is 0 Å². The lowest BCUT2D eigenvalue weighted by atomic mass is 10.1. The zero-order chi connectivity index (χ0) is 16.9. The van der Waals surface area contributed by atoms with Crippen molar-refractivity contribution in [1.29, 1.82) is 0 Å². The second kappa shape index (κ2) is 8.72. The molecular weight excluding hydrogens is 356 g/mol. The largest absolute Gasteiger partial charge is 0.471 e. The summed E-state index contributed by atoms with van der Waals surface area (Å²) >= 11 is 0. The molecule has 0 spiro atoms. The van der Waals surface area contributed by atoms with Crippen molar-refractivity contribution in [3.63, 3.8) is 0 Å². The first-order valence-corrected chi connectivity index (χ1v) is 7.55. The van der Waals surface area contributed by atoms with Gasteiger partial charge in [0.2, 0.25) is 5.88 Å². The maximum atomic E-state index is 12.3. The van der Waals surface area contributed by atoms with Gasteiger partial charge in [0.1, 0.15) is 0 Å². The smallest absolute Gasteiger partial charge is 0.272 e. The van der Waals surface area contributed by atoms with Gasteiger partial charge in [-0.1, -0.05) is 6.07 Å². The highest BCUT2D eigenvalue weighted by atomic mass is 35.5. The van der Waals surface area contributed by atoms with E-state index >= 15 is 0 Å². The Morgan fingerprint density at radius 2 is 2.28 bits per heavy atom. The van der Waals surface area contributed by atoms with Crippen molar-refractivity contribution in [3.8, 4) is 5.88 Å². The summed E-state index contributed by atoms with van der Waals surface area (Å²) in [4.78, 5) is 16.2. The number of rotatable bonds is 6. The number of H-pyrrole nitrogens is 1. The fraction of sp³-hybridized carbons (Fsp3) is 0.400. The quantitative estimate of drug-likeness (QED) is 0.712. The van der Waals surface area contributed by atoms with E-state index in [4.69, 9.17) is 4.74 Å². The maximum Gasteiger partial charge on any atom is 0.272 e. The van der Waals surface area contributed by atoms with Crippen LogP contribution in [0.1, 0.15) is 27.3 Å². The summed E-state index contributed by atoms with van der Waals surface area (Å²) in [6.45, 7) is 0.803. The van der Waals surface area contributed by atoms with Crippen LogP contribution in [-0.2, 0) is 19.5 Å². The van der Waals surface area contributed by atoms with Gasteiger partial charge in [0.15, 0.2) is 12.3 Å². The van der Waals surface area contributed by atoms with E-state index < -0.39 is 13.0 Å². The van der Waals surface area contributed by atoms with E-state index in [2.05, 4.69) is 25.8 Å². The summed E-state index contributed by atoms with van der Waals surface area (Å²) < 4.78 is 29.5. The van der Waals surface area contributed by atoms with Gasteiger partial charge in [0, 0.05) is 49.1 Å². The SMILES string of the molecule is Cl.O=C(NCc1cccnc1OCC(F)F)c1n[nH]c2c1CNCC2. The second-order valence-corrected chi connectivity index (χ2v) is 5.31. The minimum Gasteiger partial charge on any atom is -0.471 e. The van der Waals surface area contributed by atoms with Crippen molar-refractivity contribution >= 4 is 18.3 Å². The van der Waals surface area contributed by atoms with Gasteiger partial charge in [0.25, 0.3) is 12.3 Å². The van der Waals surface area contributed by atoms with Gasteiger partial charge in [-0.3, -0.25) is 9.89 Å². The standard InChI is InChI=1S/C15H17F2N5O2.ClH/c16-12(17)8-24-15-9(2-1-4-19-15)6-20-14(23)13-10-7-18-5-3-11(10)21-22-13;/h1-2,4,12,18H,3,5-8H2,(H,20,23)(H,21,22);1H. The highest BCUT2D eigenvalue weighted by molar-refractivity contribution is 5.94. The molecule has 0 aromatic carbocycles. The number of nitrogens with zero attached hydrogens (tertiary/aromatic N) is 2. The van der Waals surface area contributed by atoms with Crippen LogP contribution in [0.15, 0.2) is 18.3 Å². The predicted molar refractivity (Wildman–Crippen MR) is 88.2 cm³/mol. The normalized spacial score (nSPS) is 13.1. The Morgan fingerprint density at radius 1 is 1.44 bits per heavy atom. The molecule has 10 heteroatoms. The molecule has 0 unspecified atom stereocenters. The zero-order valence-corrected chi connectivity index (χ0v) is 14.0. The number of halogens is 3. The van der Waals surface area contributed by atoms with Crippen LogP contribution in [0.4, 0.5) is 8.78 Å². The lowest BCUT2D eigenvalue weighted by molar-refractivity contribution is 0.0787. The molecule has 0 aliphatic carbocycles. The molecule has 1 aliphatic heterocycles. The number of amides is 1. The van der Waals surface area contributed by atoms with Gasteiger partial charge in [0.05, 0.1) is 0 Å². The Labute approximate surface area is 149 Å². The number of hydrogen-bond donors (Lipinski definition) is 3. The van der Waals surface area contributed by atoms with Crippen LogP contribution in [0.2, 0.25) is 0 Å². The summed E-state index contributed by atoms with van der Waals surface area (Å²) in [5, 5.41) is 12.9. The maximum absolute atomic E-state index is 12.3. The topological polar surface area (TPSA) is 91.9 Å². The molecule has 0 fully saturated rings. The van der Waals surface area contributed by atoms with Crippen LogP contribution in [0.5, 0.6) is 5.88 Å². The molecule has 3 N–H and O–H groups in total. The molecule has 3 heterocycles. The number of aromatic amines is 1. The molecule has 1 aliphatic rings. The summed E-state index contributed by atoms with van der Waals surface area (Å²) in [6.07, 6.45) is -0.344. The van der Waals surface area contributed by atoms with Crippen molar-refractivity contribution in [2.24, 2.45) is 0 Å². The third kappa shape index (κ3) is 4.64. The molecule has 3 rings (SSSR count). The van der Waals surface area contributed by atoms with Gasteiger partial charge in [-0.2, -0.15) is 5.10 Å². The van der Waals surface area contributed by atoms with Crippen molar-refractivity contribution in [2.75, 3.05) is 13.2 Å². The molecule has 0 radical (unpaired) electrons. The number of carbonyl (C=O) groups excluding carboxylic acids is 1. The number of aromatic nitrogens is 3. The molecular formula is C15H18ClF2N5O2. The minimum absolute atomic E-state index is 0. The first kappa shape index (κ1) is 19.1. The third-order valence-corrected chi connectivity index (χ3v) is 3.66. The molecule has 0 saturated heterocycles. The number of nitrogens with one attached hydrogen (secondary N) is 3. The monoisotopic (exact) mass is 373 g/mol. The van der Waals surface area contributed by atoms with Crippen LogP contribution in [0.25, 0.3) is 0 Å². The molecule has 0 atom stereocenters. The molecule has 2 aromatic rings. The summed E-state index contributed by atoms with van der Waals surface area (Å²) in [5.74, 6) is -0.247. The van der Waals surface area contributed by atoms with Crippen molar-refractivity contribution < 1.29 is 18.3 Å². The van der Waals surface area contributed by atoms with Crippen LogP contribution >= 0.6 is 12.4 Å². The average molecular weight is 374 g/mol. The number of alkyl halides is 2. The van der Waals surface area contributed by atoms with E-state index in [-0.39, 0.29) is 30.7 Å². The molecule has 0 bridgehead atoms. The summed E-state index contributed by atoms with van der Waals surface area (Å²) in [6, 6.07) is 3.31. The summed E-state index contributed by atoms with van der Waals surface area (Å²) in [5.41, 5.74) is 2.69. The summed E-state index contributed by atoms with van der Waals surface area (Å²) in [7, 11) is 0. The molecule has 0 saturated carbocycles. The molecule has 136 valence electrons. The Kier molecular flexibility index (Phi) is 6.65. The van der Waals surface area contributed by atoms with E-state index in [1.54, 1.807) is 12.1 Å². The van der Waals surface area contributed by atoms with Gasteiger partial charge in [-0.15, -0.1) is 12.4 Å². The number of fused-ring (bicyclic) bond motifs is 1. The zero-order valence-electron chi connectivity index (χ0n) is 13.2. The van der Waals surface area contributed by atoms with Crippen molar-refractivity contribution in [2.45, 2.75) is 25.9 Å². The van der Waals surface area contributed by atoms with E-state index in [0.717, 1.165) is 24.2 Å². The first-order chi connectivity index (χ1) is 11.6. The highest BCUT2D eigenvalue weighted by Gasteiger charge is 2.21. The fourth-order valence-electron chi connectivity index (χ4n) is 2.50. The van der Waals surface area contributed by atoms with Crippen LogP contribution < -0.4 is 15.4 Å². The fourth-order valence-corrected chi connectivity index (χ4v) is 2.50. The van der Waals surface area contributed by atoms with E-state index in [9.17, 15) is 13.6 Å². The number of pyridine rings is 1. The number of ether oxygens (including phenoxy) is 1. The molecule has 1 amide bonds.